The molecular weight excluding hydrogens is 408 g/mol. The number of nitrogens with zero attached hydrogens (tertiary/aromatic N) is 3. The molecule has 31 heavy (non-hydrogen) atoms. The molecule has 0 saturated heterocycles. The average Bonchev–Trinajstić information content (AvgIpc) is 3.22. The zero-order valence-corrected chi connectivity index (χ0v) is 17.9. The van der Waals surface area contributed by atoms with Crippen LogP contribution < -0.4 is 10.1 Å². The van der Waals surface area contributed by atoms with Gasteiger partial charge in [-0.2, -0.15) is 0 Å². The second-order valence-corrected chi connectivity index (χ2v) is 7.82. The molecule has 0 saturated carbocycles. The summed E-state index contributed by atoms with van der Waals surface area (Å²) in [6.07, 6.45) is 0. The highest BCUT2D eigenvalue weighted by atomic mass is 32.2. The van der Waals surface area contributed by atoms with E-state index in [0.29, 0.717) is 11.0 Å². The predicted octanol–water partition coefficient (Wildman–Crippen LogP) is 4.89. The Labute approximate surface area is 185 Å². The molecule has 0 aliphatic heterocycles. The lowest BCUT2D eigenvalue weighted by molar-refractivity contribution is -0.113. The predicted molar refractivity (Wildman–Crippen MR) is 123 cm³/mol. The van der Waals surface area contributed by atoms with Crippen molar-refractivity contribution in [2.45, 2.75) is 18.7 Å². The number of hydrogen-bond donors (Lipinski definition) is 1. The number of anilines is 1. The molecule has 0 unspecified atom stereocenters. The van der Waals surface area contributed by atoms with Crippen molar-refractivity contribution in [3.8, 4) is 11.4 Å². The van der Waals surface area contributed by atoms with Gasteiger partial charge in [-0.3, -0.25) is 9.36 Å². The number of carbonyl (C=O) groups is 1. The normalized spacial score (nSPS) is 10.6. The van der Waals surface area contributed by atoms with Gasteiger partial charge in [-0.25, -0.2) is 0 Å². The van der Waals surface area contributed by atoms with Crippen LogP contribution in [-0.2, 0) is 11.4 Å². The van der Waals surface area contributed by atoms with Gasteiger partial charge in [0.15, 0.2) is 11.0 Å². The van der Waals surface area contributed by atoms with Crippen molar-refractivity contribution in [3.05, 3.63) is 96.3 Å². The molecule has 7 heteroatoms. The SMILES string of the molecule is Cc1ccc(NC(=O)CSc2nnc(COc3ccccc3)n2-c2ccccc2)cc1. The number of carbonyl (C=O) groups excluding carboxylic acids is 1. The first kappa shape index (κ1) is 20.7. The Balaban J connectivity index is 1.48. The zero-order chi connectivity index (χ0) is 21.5. The van der Waals surface area contributed by atoms with Crippen LogP contribution in [-0.4, -0.2) is 26.4 Å². The van der Waals surface area contributed by atoms with E-state index in [1.54, 1.807) is 0 Å². The number of rotatable bonds is 8. The Morgan fingerprint density at radius 2 is 1.61 bits per heavy atom. The topological polar surface area (TPSA) is 69.0 Å². The summed E-state index contributed by atoms with van der Waals surface area (Å²) in [6.45, 7) is 2.28. The second kappa shape index (κ2) is 9.95. The standard InChI is InChI=1S/C24H22N4O2S/c1-18-12-14-19(15-13-18)25-23(29)17-31-24-27-26-22(16-30-21-10-6-3-7-11-21)28(24)20-8-4-2-5-9-20/h2-15H,16-17H2,1H3,(H,25,29). The highest BCUT2D eigenvalue weighted by Gasteiger charge is 2.16. The number of ether oxygens (including phenoxy) is 1. The van der Waals surface area contributed by atoms with Gasteiger partial charge in [0, 0.05) is 11.4 Å². The Bertz CT molecular complexity index is 1130. The van der Waals surface area contributed by atoms with E-state index in [9.17, 15) is 4.79 Å². The minimum Gasteiger partial charge on any atom is -0.486 e. The van der Waals surface area contributed by atoms with E-state index in [1.807, 2.05) is 96.4 Å². The molecular formula is C24H22N4O2S. The molecule has 156 valence electrons. The molecule has 0 aliphatic carbocycles. The molecule has 3 aromatic carbocycles. The number of hydrogen-bond acceptors (Lipinski definition) is 5. The Kier molecular flexibility index (Phi) is 6.64. The van der Waals surface area contributed by atoms with Crippen LogP contribution >= 0.6 is 11.8 Å². The average molecular weight is 431 g/mol. The fourth-order valence-electron chi connectivity index (χ4n) is 2.95. The van der Waals surface area contributed by atoms with Crippen LogP contribution in [0.25, 0.3) is 5.69 Å². The lowest BCUT2D eigenvalue weighted by Gasteiger charge is -2.11. The fourth-order valence-corrected chi connectivity index (χ4v) is 3.72. The van der Waals surface area contributed by atoms with Crippen LogP contribution in [0.4, 0.5) is 5.69 Å². The summed E-state index contributed by atoms with van der Waals surface area (Å²) in [5, 5.41) is 12.2. The van der Waals surface area contributed by atoms with Gasteiger partial charge in [0.1, 0.15) is 12.4 Å². The quantitative estimate of drug-likeness (QED) is 0.403. The molecule has 4 rings (SSSR count). The van der Waals surface area contributed by atoms with E-state index >= 15 is 0 Å². The maximum atomic E-state index is 12.4. The van der Waals surface area contributed by atoms with Crippen LogP contribution in [0.3, 0.4) is 0 Å². The largest absolute Gasteiger partial charge is 0.486 e. The summed E-state index contributed by atoms with van der Waals surface area (Å²) in [6, 6.07) is 27.1. The first-order valence-electron chi connectivity index (χ1n) is 9.86. The van der Waals surface area contributed by atoms with Gasteiger partial charge in [-0.05, 0) is 43.3 Å². The first-order valence-corrected chi connectivity index (χ1v) is 10.8. The minimum absolute atomic E-state index is 0.0986. The lowest BCUT2D eigenvalue weighted by atomic mass is 10.2. The van der Waals surface area contributed by atoms with Gasteiger partial charge in [0.25, 0.3) is 0 Å². The number of benzene rings is 3. The molecule has 0 fully saturated rings. The van der Waals surface area contributed by atoms with Crippen molar-refractivity contribution in [3.63, 3.8) is 0 Å². The maximum absolute atomic E-state index is 12.4. The van der Waals surface area contributed by atoms with Gasteiger partial charge >= 0.3 is 0 Å². The van der Waals surface area contributed by atoms with Gasteiger partial charge in [-0.15, -0.1) is 10.2 Å². The van der Waals surface area contributed by atoms with E-state index in [2.05, 4.69) is 15.5 Å². The highest BCUT2D eigenvalue weighted by molar-refractivity contribution is 7.99. The Hall–Kier alpha value is -3.58. The van der Waals surface area contributed by atoms with E-state index in [-0.39, 0.29) is 18.3 Å². The Morgan fingerprint density at radius 1 is 0.935 bits per heavy atom. The highest BCUT2D eigenvalue weighted by Crippen LogP contribution is 2.23. The van der Waals surface area contributed by atoms with Crippen molar-refractivity contribution in [2.75, 3.05) is 11.1 Å². The molecule has 1 heterocycles. The second-order valence-electron chi connectivity index (χ2n) is 6.87. The number of nitrogens with one attached hydrogen (secondary N) is 1. The zero-order valence-electron chi connectivity index (χ0n) is 17.1. The van der Waals surface area contributed by atoms with Gasteiger partial charge in [0.2, 0.25) is 5.91 Å². The first-order chi connectivity index (χ1) is 15.2. The summed E-state index contributed by atoms with van der Waals surface area (Å²) in [7, 11) is 0. The molecule has 0 aliphatic rings. The smallest absolute Gasteiger partial charge is 0.234 e. The molecule has 1 aromatic heterocycles. The number of thioether (sulfide) groups is 1. The lowest BCUT2D eigenvalue weighted by Crippen LogP contribution is -2.14. The van der Waals surface area contributed by atoms with E-state index in [4.69, 9.17) is 4.74 Å². The molecule has 0 bridgehead atoms. The van der Waals surface area contributed by atoms with E-state index in [1.165, 1.54) is 11.8 Å². The molecule has 0 radical (unpaired) electrons. The van der Waals surface area contributed by atoms with Crippen LogP contribution in [0.5, 0.6) is 5.75 Å². The number of aromatic nitrogens is 3. The molecule has 0 atom stereocenters. The molecule has 1 N–H and O–H groups in total. The van der Waals surface area contributed by atoms with Crippen molar-refractivity contribution < 1.29 is 9.53 Å². The van der Waals surface area contributed by atoms with E-state index in [0.717, 1.165) is 22.7 Å². The summed E-state index contributed by atoms with van der Waals surface area (Å²) in [5.41, 5.74) is 2.84. The minimum atomic E-state index is -0.0986. The summed E-state index contributed by atoms with van der Waals surface area (Å²) in [4.78, 5) is 12.4. The third kappa shape index (κ3) is 5.52. The molecule has 0 spiro atoms. The third-order valence-electron chi connectivity index (χ3n) is 4.49. The van der Waals surface area contributed by atoms with Gasteiger partial charge in [-0.1, -0.05) is 65.9 Å². The van der Waals surface area contributed by atoms with Crippen LogP contribution in [0, 0.1) is 6.92 Å². The summed E-state index contributed by atoms with van der Waals surface area (Å²) in [5.74, 6) is 1.55. The Morgan fingerprint density at radius 3 is 2.32 bits per heavy atom. The maximum Gasteiger partial charge on any atom is 0.234 e. The van der Waals surface area contributed by atoms with Gasteiger partial charge in [0.05, 0.1) is 5.75 Å². The summed E-state index contributed by atoms with van der Waals surface area (Å²) < 4.78 is 7.79. The van der Waals surface area contributed by atoms with Crippen LogP contribution in [0.2, 0.25) is 0 Å². The van der Waals surface area contributed by atoms with Crippen LogP contribution in [0.1, 0.15) is 11.4 Å². The number of amides is 1. The molecule has 1 amide bonds. The van der Waals surface area contributed by atoms with Crippen molar-refractivity contribution in [1.82, 2.24) is 14.8 Å². The van der Waals surface area contributed by atoms with Gasteiger partial charge < -0.3 is 10.1 Å². The summed E-state index contributed by atoms with van der Waals surface area (Å²) >= 11 is 1.34. The number of para-hydroxylation sites is 2. The molecule has 4 aromatic rings. The fraction of sp³-hybridized carbons (Fsp3) is 0.125. The van der Waals surface area contributed by atoms with E-state index < -0.39 is 0 Å². The number of aryl methyl sites for hydroxylation is 1. The van der Waals surface area contributed by atoms with Crippen molar-refractivity contribution in [2.24, 2.45) is 0 Å². The third-order valence-corrected chi connectivity index (χ3v) is 5.42. The van der Waals surface area contributed by atoms with Crippen molar-refractivity contribution >= 4 is 23.4 Å². The van der Waals surface area contributed by atoms with Crippen molar-refractivity contribution in [1.29, 1.82) is 0 Å². The monoisotopic (exact) mass is 430 g/mol. The molecule has 6 nitrogen and oxygen atoms in total. The van der Waals surface area contributed by atoms with Crippen LogP contribution in [0.15, 0.2) is 90.1 Å².